The Hall–Kier alpha value is -1.73. The first-order chi connectivity index (χ1) is 9.69. The van der Waals surface area contributed by atoms with Crippen LogP contribution in [-0.2, 0) is 19.3 Å². The summed E-state index contributed by atoms with van der Waals surface area (Å²) in [6.07, 6.45) is 0. The molecule has 0 saturated carbocycles. The molecule has 2 aromatic rings. The van der Waals surface area contributed by atoms with E-state index in [2.05, 4.69) is 10.2 Å². The van der Waals surface area contributed by atoms with Crippen LogP contribution in [0.25, 0.3) is 0 Å². The van der Waals surface area contributed by atoms with Gasteiger partial charge in [-0.15, -0.1) is 10.2 Å². The largest absolute Gasteiger partial charge is 0.497 e. The van der Waals surface area contributed by atoms with Gasteiger partial charge >= 0.3 is 0 Å². The summed E-state index contributed by atoms with van der Waals surface area (Å²) in [5.41, 5.74) is 6.64. The second-order valence-electron chi connectivity index (χ2n) is 4.13. The van der Waals surface area contributed by atoms with Crippen LogP contribution in [0.5, 0.6) is 11.5 Å². The van der Waals surface area contributed by atoms with E-state index in [-0.39, 0.29) is 0 Å². The van der Waals surface area contributed by atoms with Crippen LogP contribution in [-0.4, -0.2) is 29.0 Å². The molecule has 20 heavy (non-hydrogen) atoms. The second-order valence-corrected chi connectivity index (χ2v) is 5.07. The van der Waals surface area contributed by atoms with Crippen LogP contribution in [0.15, 0.2) is 23.4 Å². The lowest BCUT2D eigenvalue weighted by atomic mass is 10.2. The standard InChI is InChI=1S/C13H18N4O2S/c1-17-12(7-14)15-16-13(17)20-8-9-6-10(18-2)4-5-11(9)19-3/h4-6H,7-8,14H2,1-3H3. The zero-order valence-electron chi connectivity index (χ0n) is 11.8. The van der Waals surface area contributed by atoms with Gasteiger partial charge in [-0.05, 0) is 18.2 Å². The highest BCUT2D eigenvalue weighted by Gasteiger charge is 2.10. The number of ether oxygens (including phenoxy) is 2. The maximum atomic E-state index is 5.59. The zero-order valence-corrected chi connectivity index (χ0v) is 12.6. The Labute approximate surface area is 122 Å². The van der Waals surface area contributed by atoms with Crippen LogP contribution in [0.3, 0.4) is 0 Å². The van der Waals surface area contributed by atoms with Gasteiger partial charge in [0.2, 0.25) is 0 Å². The van der Waals surface area contributed by atoms with Gasteiger partial charge in [0.1, 0.15) is 17.3 Å². The first-order valence-corrected chi connectivity index (χ1v) is 7.10. The lowest BCUT2D eigenvalue weighted by Crippen LogP contribution is -2.05. The molecule has 2 N–H and O–H groups in total. The molecular weight excluding hydrogens is 276 g/mol. The molecule has 0 bridgehead atoms. The van der Waals surface area contributed by atoms with E-state index in [0.717, 1.165) is 33.8 Å². The summed E-state index contributed by atoms with van der Waals surface area (Å²) in [6.45, 7) is 0.381. The molecule has 0 unspecified atom stereocenters. The Morgan fingerprint density at radius 1 is 1.25 bits per heavy atom. The molecule has 1 aromatic heterocycles. The van der Waals surface area contributed by atoms with Gasteiger partial charge in [0.05, 0.1) is 20.8 Å². The Bertz CT molecular complexity index is 586. The topological polar surface area (TPSA) is 75.2 Å². The highest BCUT2D eigenvalue weighted by molar-refractivity contribution is 7.98. The van der Waals surface area contributed by atoms with E-state index < -0.39 is 0 Å². The quantitative estimate of drug-likeness (QED) is 0.815. The van der Waals surface area contributed by atoms with Crippen molar-refractivity contribution in [2.45, 2.75) is 17.5 Å². The molecule has 0 atom stereocenters. The molecule has 0 amide bonds. The number of nitrogens with zero attached hydrogens (tertiary/aromatic N) is 3. The molecule has 1 heterocycles. The number of hydrogen-bond donors (Lipinski definition) is 1. The average Bonchev–Trinajstić information content (AvgIpc) is 2.85. The van der Waals surface area contributed by atoms with Gasteiger partial charge in [-0.2, -0.15) is 0 Å². The molecule has 1 aromatic carbocycles. The first-order valence-electron chi connectivity index (χ1n) is 6.11. The van der Waals surface area contributed by atoms with Crippen molar-refractivity contribution in [3.8, 4) is 11.5 Å². The van der Waals surface area contributed by atoms with Crippen LogP contribution in [0.2, 0.25) is 0 Å². The molecule has 0 fully saturated rings. The van der Waals surface area contributed by atoms with E-state index >= 15 is 0 Å². The minimum absolute atomic E-state index is 0.381. The molecule has 0 aliphatic rings. The van der Waals surface area contributed by atoms with E-state index in [9.17, 15) is 0 Å². The van der Waals surface area contributed by atoms with Crippen molar-refractivity contribution in [3.63, 3.8) is 0 Å². The van der Waals surface area contributed by atoms with Crippen molar-refractivity contribution in [1.29, 1.82) is 0 Å². The predicted octanol–water partition coefficient (Wildman–Crippen LogP) is 1.58. The minimum Gasteiger partial charge on any atom is -0.497 e. The monoisotopic (exact) mass is 294 g/mol. The van der Waals surface area contributed by atoms with E-state index in [1.165, 1.54) is 0 Å². The Morgan fingerprint density at radius 3 is 2.65 bits per heavy atom. The summed E-state index contributed by atoms with van der Waals surface area (Å²) in [7, 11) is 5.22. The zero-order chi connectivity index (χ0) is 14.5. The van der Waals surface area contributed by atoms with Gasteiger partial charge in [-0.1, -0.05) is 11.8 Å². The predicted molar refractivity (Wildman–Crippen MR) is 78.0 cm³/mol. The Kier molecular flexibility index (Phi) is 4.86. The molecule has 7 heteroatoms. The highest BCUT2D eigenvalue weighted by Crippen LogP contribution is 2.30. The smallest absolute Gasteiger partial charge is 0.191 e. The van der Waals surface area contributed by atoms with Crippen LogP contribution in [0.1, 0.15) is 11.4 Å². The normalized spacial score (nSPS) is 10.6. The molecular formula is C13H18N4O2S. The van der Waals surface area contributed by atoms with Crippen LogP contribution >= 0.6 is 11.8 Å². The third-order valence-corrected chi connectivity index (χ3v) is 4.02. The molecule has 0 spiro atoms. The van der Waals surface area contributed by atoms with Crippen molar-refractivity contribution in [2.24, 2.45) is 12.8 Å². The van der Waals surface area contributed by atoms with Crippen molar-refractivity contribution in [3.05, 3.63) is 29.6 Å². The van der Waals surface area contributed by atoms with Crippen molar-refractivity contribution in [2.75, 3.05) is 14.2 Å². The number of rotatable bonds is 6. The van der Waals surface area contributed by atoms with E-state index in [4.69, 9.17) is 15.2 Å². The summed E-state index contributed by atoms with van der Waals surface area (Å²) < 4.78 is 12.5. The van der Waals surface area contributed by atoms with Gasteiger partial charge in [0.25, 0.3) is 0 Å². The summed E-state index contributed by atoms with van der Waals surface area (Å²) >= 11 is 1.58. The number of nitrogens with two attached hydrogens (primary N) is 1. The fraction of sp³-hybridized carbons (Fsp3) is 0.385. The Morgan fingerprint density at radius 2 is 2.05 bits per heavy atom. The van der Waals surface area contributed by atoms with Crippen LogP contribution < -0.4 is 15.2 Å². The molecule has 0 aliphatic carbocycles. The maximum Gasteiger partial charge on any atom is 0.191 e. The Balaban J connectivity index is 2.15. The SMILES string of the molecule is COc1ccc(OC)c(CSc2nnc(CN)n2C)c1. The summed E-state index contributed by atoms with van der Waals surface area (Å²) in [5.74, 6) is 3.13. The van der Waals surface area contributed by atoms with Gasteiger partial charge in [-0.3, -0.25) is 0 Å². The fourth-order valence-electron chi connectivity index (χ4n) is 1.79. The van der Waals surface area contributed by atoms with E-state index in [0.29, 0.717) is 6.54 Å². The van der Waals surface area contributed by atoms with Crippen LogP contribution in [0, 0.1) is 0 Å². The van der Waals surface area contributed by atoms with Gasteiger partial charge < -0.3 is 19.8 Å². The molecule has 0 saturated heterocycles. The third-order valence-electron chi connectivity index (χ3n) is 2.95. The highest BCUT2D eigenvalue weighted by atomic mass is 32.2. The van der Waals surface area contributed by atoms with Crippen molar-refractivity contribution >= 4 is 11.8 Å². The van der Waals surface area contributed by atoms with Gasteiger partial charge in [0, 0.05) is 18.4 Å². The number of methoxy groups -OCH3 is 2. The number of aromatic nitrogens is 3. The summed E-state index contributed by atoms with van der Waals surface area (Å²) in [5, 5.41) is 8.99. The van der Waals surface area contributed by atoms with Crippen molar-refractivity contribution < 1.29 is 9.47 Å². The molecule has 0 aliphatic heterocycles. The van der Waals surface area contributed by atoms with Crippen LogP contribution in [0.4, 0.5) is 0 Å². The number of thioether (sulfide) groups is 1. The van der Waals surface area contributed by atoms with Gasteiger partial charge in [0.15, 0.2) is 5.16 Å². The fourth-order valence-corrected chi connectivity index (χ4v) is 2.69. The number of hydrogen-bond acceptors (Lipinski definition) is 6. The van der Waals surface area contributed by atoms with Crippen molar-refractivity contribution in [1.82, 2.24) is 14.8 Å². The summed E-state index contributed by atoms with van der Waals surface area (Å²) in [6, 6.07) is 5.74. The molecule has 108 valence electrons. The van der Waals surface area contributed by atoms with E-state index in [1.54, 1.807) is 26.0 Å². The molecule has 0 radical (unpaired) electrons. The lowest BCUT2D eigenvalue weighted by molar-refractivity contribution is 0.400. The van der Waals surface area contributed by atoms with E-state index in [1.807, 2.05) is 29.8 Å². The minimum atomic E-state index is 0.381. The first kappa shape index (κ1) is 14.7. The molecule has 6 nitrogen and oxygen atoms in total. The third kappa shape index (κ3) is 3.05. The second kappa shape index (κ2) is 6.62. The average molecular weight is 294 g/mol. The summed E-state index contributed by atoms with van der Waals surface area (Å²) in [4.78, 5) is 0. The molecule has 2 rings (SSSR count). The maximum absolute atomic E-state index is 5.59. The lowest BCUT2D eigenvalue weighted by Gasteiger charge is -2.10. The van der Waals surface area contributed by atoms with Gasteiger partial charge in [-0.25, -0.2) is 0 Å². The number of benzene rings is 1.